The first-order chi connectivity index (χ1) is 9.27. The highest BCUT2D eigenvalue weighted by Crippen LogP contribution is 2.39. The molecule has 0 aliphatic heterocycles. The molecule has 1 heterocycles. The Balaban J connectivity index is 2.49. The molecule has 4 nitrogen and oxygen atoms in total. The number of nitrogens with zero attached hydrogens (tertiary/aromatic N) is 2. The molecule has 1 N–H and O–H groups in total. The van der Waals surface area contributed by atoms with E-state index < -0.39 is 7.14 Å². The first-order valence-corrected chi connectivity index (χ1v) is 9.72. The van der Waals surface area contributed by atoms with Gasteiger partial charge in [-0.15, -0.1) is 0 Å². The van der Waals surface area contributed by atoms with E-state index in [2.05, 4.69) is 31.2 Å². The Morgan fingerprint density at radius 2 is 2.00 bits per heavy atom. The molecule has 106 valence electrons. The maximum absolute atomic E-state index is 12.4. The second kappa shape index (κ2) is 6.02. The number of rotatable bonds is 3. The molecule has 8 heteroatoms. The Labute approximate surface area is 135 Å². The summed E-state index contributed by atoms with van der Waals surface area (Å²) in [4.78, 5) is 7.95. The summed E-state index contributed by atoms with van der Waals surface area (Å²) in [6, 6.07) is 5.18. The van der Waals surface area contributed by atoms with Crippen LogP contribution in [0.25, 0.3) is 0 Å². The Bertz CT molecular complexity index is 705. The van der Waals surface area contributed by atoms with Crippen LogP contribution in [0.3, 0.4) is 0 Å². The molecule has 0 spiro atoms. The zero-order valence-electron chi connectivity index (χ0n) is 10.7. The lowest BCUT2D eigenvalue weighted by Gasteiger charge is -2.15. The molecule has 0 radical (unpaired) electrons. The van der Waals surface area contributed by atoms with Crippen LogP contribution in [-0.2, 0) is 4.57 Å². The molecule has 1 aromatic heterocycles. The molecular formula is C12H11BrCl2N3OP. The van der Waals surface area contributed by atoms with Crippen molar-refractivity contribution >= 4 is 63.1 Å². The molecule has 0 atom stereocenters. The van der Waals surface area contributed by atoms with E-state index in [0.29, 0.717) is 26.3 Å². The smallest absolute Gasteiger partial charge is 0.224 e. The third-order valence-corrected chi connectivity index (χ3v) is 5.04. The van der Waals surface area contributed by atoms with Gasteiger partial charge < -0.3 is 9.88 Å². The van der Waals surface area contributed by atoms with Gasteiger partial charge in [0, 0.05) is 16.5 Å². The minimum Gasteiger partial charge on any atom is -0.339 e. The van der Waals surface area contributed by atoms with Crippen LogP contribution in [0.5, 0.6) is 0 Å². The Kier molecular flexibility index (Phi) is 4.75. The van der Waals surface area contributed by atoms with Crippen molar-refractivity contribution in [1.29, 1.82) is 0 Å². The van der Waals surface area contributed by atoms with Gasteiger partial charge in [-0.2, -0.15) is 4.98 Å². The van der Waals surface area contributed by atoms with Gasteiger partial charge in [0.05, 0.1) is 10.2 Å². The highest BCUT2D eigenvalue weighted by atomic mass is 79.9. The van der Waals surface area contributed by atoms with Crippen LogP contribution in [0.15, 0.2) is 28.9 Å². The molecule has 20 heavy (non-hydrogen) atoms. The molecule has 2 rings (SSSR count). The summed E-state index contributed by atoms with van der Waals surface area (Å²) in [7, 11) is -2.49. The summed E-state index contributed by atoms with van der Waals surface area (Å²) >= 11 is 15.1. The fraction of sp³-hybridized carbons (Fsp3) is 0.167. The summed E-state index contributed by atoms with van der Waals surface area (Å²) in [6.45, 7) is 3.37. The van der Waals surface area contributed by atoms with Crippen molar-refractivity contribution in [2.75, 3.05) is 18.6 Å². The topological polar surface area (TPSA) is 54.9 Å². The molecule has 0 fully saturated rings. The highest BCUT2D eigenvalue weighted by molar-refractivity contribution is 9.10. The minimum atomic E-state index is -2.49. The third kappa shape index (κ3) is 3.73. The monoisotopic (exact) mass is 393 g/mol. The van der Waals surface area contributed by atoms with E-state index in [-0.39, 0.29) is 5.28 Å². The van der Waals surface area contributed by atoms with Crippen molar-refractivity contribution in [2.24, 2.45) is 0 Å². The van der Waals surface area contributed by atoms with Crippen molar-refractivity contribution in [2.45, 2.75) is 0 Å². The average molecular weight is 395 g/mol. The van der Waals surface area contributed by atoms with Gasteiger partial charge in [-0.3, -0.25) is 0 Å². The molecule has 0 bridgehead atoms. The summed E-state index contributed by atoms with van der Waals surface area (Å²) in [5.41, 5.74) is 0.679. The number of hydrogen-bond donors (Lipinski definition) is 1. The molecule has 1 aromatic carbocycles. The second-order valence-electron chi connectivity index (χ2n) is 4.47. The van der Waals surface area contributed by atoms with E-state index in [1.165, 1.54) is 0 Å². The number of benzene rings is 1. The maximum Gasteiger partial charge on any atom is 0.224 e. The first-order valence-electron chi connectivity index (χ1n) is 5.57. The summed E-state index contributed by atoms with van der Waals surface area (Å²) < 4.78 is 13.0. The number of nitrogens with one attached hydrogen (secondary N) is 1. The fourth-order valence-electron chi connectivity index (χ4n) is 1.62. The van der Waals surface area contributed by atoms with E-state index in [4.69, 9.17) is 23.2 Å². The Morgan fingerprint density at radius 1 is 1.30 bits per heavy atom. The van der Waals surface area contributed by atoms with Gasteiger partial charge in [0.2, 0.25) is 5.28 Å². The normalized spacial score (nSPS) is 11.4. The molecule has 0 amide bonds. The Morgan fingerprint density at radius 3 is 2.65 bits per heavy atom. The van der Waals surface area contributed by atoms with Gasteiger partial charge in [0.1, 0.15) is 13.0 Å². The van der Waals surface area contributed by atoms with Gasteiger partial charge in [-0.1, -0.05) is 11.6 Å². The molecule has 0 saturated carbocycles. The minimum absolute atomic E-state index is 0.127. The summed E-state index contributed by atoms with van der Waals surface area (Å²) in [5, 5.41) is 4.42. The van der Waals surface area contributed by atoms with E-state index >= 15 is 0 Å². The van der Waals surface area contributed by atoms with Crippen molar-refractivity contribution < 1.29 is 4.57 Å². The lowest BCUT2D eigenvalue weighted by atomic mass is 10.3. The van der Waals surface area contributed by atoms with Crippen LogP contribution in [0.1, 0.15) is 0 Å². The molecule has 2 aromatic rings. The number of aromatic nitrogens is 2. The van der Waals surface area contributed by atoms with E-state index in [0.717, 1.165) is 0 Å². The third-order valence-electron chi connectivity index (χ3n) is 2.51. The number of halogens is 3. The average Bonchev–Trinajstić information content (AvgIpc) is 2.34. The Hall–Kier alpha value is -0.610. The molecule has 0 aliphatic rings. The lowest BCUT2D eigenvalue weighted by molar-refractivity contribution is 0.588. The standard InChI is InChI=1S/C12H11BrCl2N3OP/c1-20(2,19)10-5-7(14)3-4-9(10)17-11-8(13)6-16-12(15)18-11/h3-6H,1-2H3,(H,16,17,18). The van der Waals surface area contributed by atoms with Crippen LogP contribution >= 0.6 is 46.3 Å². The zero-order valence-corrected chi connectivity index (χ0v) is 14.7. The predicted octanol–water partition coefficient (Wildman–Crippen LogP) is 4.54. The largest absolute Gasteiger partial charge is 0.339 e. The molecule has 0 saturated heterocycles. The fourth-order valence-corrected chi connectivity index (χ4v) is 3.45. The van der Waals surface area contributed by atoms with Crippen molar-refractivity contribution in [1.82, 2.24) is 9.97 Å². The number of anilines is 2. The van der Waals surface area contributed by atoms with E-state index in [9.17, 15) is 4.57 Å². The molecular weight excluding hydrogens is 384 g/mol. The van der Waals surface area contributed by atoms with Crippen LogP contribution in [0.4, 0.5) is 11.5 Å². The zero-order chi connectivity index (χ0) is 14.9. The summed E-state index contributed by atoms with van der Waals surface area (Å²) in [6.07, 6.45) is 1.55. The van der Waals surface area contributed by atoms with Crippen LogP contribution < -0.4 is 10.6 Å². The van der Waals surface area contributed by atoms with Gasteiger partial charge in [0.25, 0.3) is 0 Å². The predicted molar refractivity (Wildman–Crippen MR) is 88.6 cm³/mol. The first kappa shape index (κ1) is 15.8. The SMILES string of the molecule is CP(C)(=O)c1cc(Cl)ccc1Nc1nc(Cl)ncc1Br. The van der Waals surface area contributed by atoms with Crippen molar-refractivity contribution in [3.8, 4) is 0 Å². The van der Waals surface area contributed by atoms with Crippen molar-refractivity contribution in [3.63, 3.8) is 0 Å². The summed E-state index contributed by atoms with van der Waals surface area (Å²) in [5.74, 6) is 0.502. The lowest BCUT2D eigenvalue weighted by Crippen LogP contribution is -2.10. The highest BCUT2D eigenvalue weighted by Gasteiger charge is 2.18. The van der Waals surface area contributed by atoms with E-state index in [1.54, 1.807) is 37.7 Å². The second-order valence-corrected chi connectivity index (χ2v) is 9.29. The molecule has 0 aliphatic carbocycles. The van der Waals surface area contributed by atoms with Crippen LogP contribution in [-0.4, -0.2) is 23.3 Å². The quantitative estimate of drug-likeness (QED) is 0.613. The van der Waals surface area contributed by atoms with Gasteiger partial charge >= 0.3 is 0 Å². The number of hydrogen-bond acceptors (Lipinski definition) is 4. The van der Waals surface area contributed by atoms with E-state index in [1.807, 2.05) is 0 Å². The van der Waals surface area contributed by atoms with Gasteiger partial charge in [-0.05, 0) is 59.1 Å². The van der Waals surface area contributed by atoms with Crippen molar-refractivity contribution in [3.05, 3.63) is 39.2 Å². The maximum atomic E-state index is 12.4. The van der Waals surface area contributed by atoms with Gasteiger partial charge in [-0.25, -0.2) is 4.98 Å². The molecule has 0 unspecified atom stereocenters. The van der Waals surface area contributed by atoms with Crippen LogP contribution in [0.2, 0.25) is 10.3 Å². The van der Waals surface area contributed by atoms with Gasteiger partial charge in [0.15, 0.2) is 0 Å². The van der Waals surface area contributed by atoms with Crippen LogP contribution in [0, 0.1) is 0 Å².